The number of carbonyl (C=O) groups is 1. The predicted molar refractivity (Wildman–Crippen MR) is 59.5 cm³/mol. The Morgan fingerprint density at radius 3 is 2.93 bits per heavy atom. The smallest absolute Gasteiger partial charge is 0.224 e. The minimum absolute atomic E-state index is 0.0198. The first-order chi connectivity index (χ1) is 7.31. The minimum Gasteiger partial charge on any atom is -0.359 e. The first kappa shape index (κ1) is 9.65. The molecule has 0 bridgehead atoms. The van der Waals surface area contributed by atoms with Crippen molar-refractivity contribution in [1.29, 1.82) is 0 Å². The van der Waals surface area contributed by atoms with Crippen molar-refractivity contribution in [1.82, 2.24) is 10.3 Å². The first-order valence-corrected chi connectivity index (χ1v) is 4.84. The Balaban J connectivity index is 2.46. The molecule has 1 aromatic heterocycles. The molecule has 2 aromatic rings. The Hall–Kier alpha value is -1.90. The summed E-state index contributed by atoms with van der Waals surface area (Å²) in [4.78, 5) is 15.5. The van der Waals surface area contributed by atoms with Gasteiger partial charge in [-0.05, 0) is 17.7 Å². The van der Waals surface area contributed by atoms with E-state index in [-0.39, 0.29) is 5.91 Å². The molecule has 0 aliphatic carbocycles. The molecule has 1 aromatic carbocycles. The summed E-state index contributed by atoms with van der Waals surface area (Å²) >= 11 is 0. The molecule has 0 aliphatic rings. The number of fused-ring (bicyclic) bond motifs is 1. The van der Waals surface area contributed by atoms with Gasteiger partial charge in [0.05, 0.1) is 11.9 Å². The average Bonchev–Trinajstić information content (AvgIpc) is 2.29. The van der Waals surface area contributed by atoms with Crippen LogP contribution in [0.2, 0.25) is 0 Å². The molecule has 3 nitrogen and oxygen atoms in total. The molecule has 0 saturated heterocycles. The van der Waals surface area contributed by atoms with Gasteiger partial charge in [-0.15, -0.1) is 0 Å². The lowest BCUT2D eigenvalue weighted by atomic mass is 10.1. The Labute approximate surface area is 88.1 Å². The molecule has 0 spiro atoms. The average molecular weight is 200 g/mol. The maximum absolute atomic E-state index is 11.3. The van der Waals surface area contributed by atoms with Crippen LogP contribution in [-0.4, -0.2) is 17.9 Å². The Morgan fingerprint density at radius 2 is 2.13 bits per heavy atom. The van der Waals surface area contributed by atoms with Gasteiger partial charge in [0, 0.05) is 18.6 Å². The second-order valence-electron chi connectivity index (χ2n) is 3.34. The van der Waals surface area contributed by atoms with Crippen LogP contribution >= 0.6 is 0 Å². The zero-order valence-electron chi connectivity index (χ0n) is 8.53. The highest BCUT2D eigenvalue weighted by Gasteiger charge is 2.04. The van der Waals surface area contributed by atoms with E-state index in [0.717, 1.165) is 16.5 Å². The second-order valence-corrected chi connectivity index (χ2v) is 3.34. The normalized spacial score (nSPS) is 10.2. The van der Waals surface area contributed by atoms with Crippen LogP contribution < -0.4 is 5.32 Å². The van der Waals surface area contributed by atoms with Gasteiger partial charge in [-0.1, -0.05) is 18.2 Å². The molecule has 0 radical (unpaired) electrons. The molecular weight excluding hydrogens is 188 g/mol. The second kappa shape index (κ2) is 4.09. The number of nitrogens with one attached hydrogen (secondary N) is 1. The molecule has 0 aliphatic heterocycles. The van der Waals surface area contributed by atoms with E-state index < -0.39 is 0 Å². The van der Waals surface area contributed by atoms with E-state index in [0.29, 0.717) is 6.42 Å². The summed E-state index contributed by atoms with van der Waals surface area (Å²) in [7, 11) is 1.64. The third-order valence-electron chi connectivity index (χ3n) is 2.37. The number of likely N-dealkylation sites (N-methyl/N-ethyl adjacent to an activating group) is 1. The van der Waals surface area contributed by atoms with Crippen molar-refractivity contribution in [2.24, 2.45) is 0 Å². The third kappa shape index (κ3) is 1.96. The van der Waals surface area contributed by atoms with Crippen molar-refractivity contribution < 1.29 is 4.79 Å². The summed E-state index contributed by atoms with van der Waals surface area (Å²) in [5.41, 5.74) is 1.94. The molecule has 0 unspecified atom stereocenters. The Morgan fingerprint density at radius 1 is 1.33 bits per heavy atom. The Bertz CT molecular complexity index is 488. The molecule has 3 heteroatoms. The summed E-state index contributed by atoms with van der Waals surface area (Å²) in [6, 6.07) is 9.72. The van der Waals surface area contributed by atoms with Crippen molar-refractivity contribution in [3.63, 3.8) is 0 Å². The SMILES string of the molecule is CNC(=O)Cc1ccnc2ccccc12. The van der Waals surface area contributed by atoms with Gasteiger partial charge in [0.1, 0.15) is 0 Å². The highest BCUT2D eigenvalue weighted by Crippen LogP contribution is 2.16. The van der Waals surface area contributed by atoms with Gasteiger partial charge in [0.2, 0.25) is 5.91 Å². The lowest BCUT2D eigenvalue weighted by Crippen LogP contribution is -2.20. The fourth-order valence-electron chi connectivity index (χ4n) is 1.57. The number of rotatable bonds is 2. The van der Waals surface area contributed by atoms with Crippen LogP contribution in [0.3, 0.4) is 0 Å². The van der Waals surface area contributed by atoms with E-state index in [9.17, 15) is 4.79 Å². The molecule has 2 rings (SSSR count). The van der Waals surface area contributed by atoms with Gasteiger partial charge in [-0.3, -0.25) is 9.78 Å². The largest absolute Gasteiger partial charge is 0.359 e. The van der Waals surface area contributed by atoms with Crippen molar-refractivity contribution in [2.75, 3.05) is 7.05 Å². The van der Waals surface area contributed by atoms with E-state index in [4.69, 9.17) is 0 Å². The number of amides is 1. The number of nitrogens with zero attached hydrogens (tertiary/aromatic N) is 1. The van der Waals surface area contributed by atoms with E-state index >= 15 is 0 Å². The monoisotopic (exact) mass is 200 g/mol. The zero-order valence-corrected chi connectivity index (χ0v) is 8.53. The number of pyridine rings is 1. The summed E-state index contributed by atoms with van der Waals surface area (Å²) < 4.78 is 0. The number of hydrogen-bond donors (Lipinski definition) is 1. The van der Waals surface area contributed by atoms with Crippen LogP contribution in [0.15, 0.2) is 36.5 Å². The molecule has 0 atom stereocenters. The fraction of sp³-hybridized carbons (Fsp3) is 0.167. The van der Waals surface area contributed by atoms with Gasteiger partial charge in [0.25, 0.3) is 0 Å². The van der Waals surface area contributed by atoms with Crippen LogP contribution in [0.4, 0.5) is 0 Å². The van der Waals surface area contributed by atoms with Crippen molar-refractivity contribution in [2.45, 2.75) is 6.42 Å². The van der Waals surface area contributed by atoms with Gasteiger partial charge in [0.15, 0.2) is 0 Å². The van der Waals surface area contributed by atoms with Crippen LogP contribution in [0.25, 0.3) is 10.9 Å². The molecule has 1 amide bonds. The summed E-state index contributed by atoms with van der Waals surface area (Å²) in [5.74, 6) is 0.0198. The highest BCUT2D eigenvalue weighted by atomic mass is 16.1. The number of para-hydroxylation sites is 1. The van der Waals surface area contributed by atoms with Gasteiger partial charge in [-0.2, -0.15) is 0 Å². The molecule has 15 heavy (non-hydrogen) atoms. The molecule has 0 fully saturated rings. The number of aromatic nitrogens is 1. The topological polar surface area (TPSA) is 42.0 Å². The van der Waals surface area contributed by atoms with E-state index in [1.807, 2.05) is 30.3 Å². The van der Waals surface area contributed by atoms with Gasteiger partial charge < -0.3 is 5.32 Å². The van der Waals surface area contributed by atoms with E-state index in [1.54, 1.807) is 13.2 Å². The van der Waals surface area contributed by atoms with Gasteiger partial charge >= 0.3 is 0 Å². The van der Waals surface area contributed by atoms with Crippen LogP contribution in [-0.2, 0) is 11.2 Å². The van der Waals surface area contributed by atoms with Crippen molar-refractivity contribution >= 4 is 16.8 Å². The third-order valence-corrected chi connectivity index (χ3v) is 2.37. The number of benzene rings is 1. The minimum atomic E-state index is 0.0198. The highest BCUT2D eigenvalue weighted by molar-refractivity contribution is 5.87. The summed E-state index contributed by atoms with van der Waals surface area (Å²) in [6.45, 7) is 0. The number of hydrogen-bond acceptors (Lipinski definition) is 2. The van der Waals surface area contributed by atoms with Gasteiger partial charge in [-0.25, -0.2) is 0 Å². The van der Waals surface area contributed by atoms with Crippen molar-refractivity contribution in [3.05, 3.63) is 42.1 Å². The van der Waals surface area contributed by atoms with E-state index in [1.165, 1.54) is 0 Å². The first-order valence-electron chi connectivity index (χ1n) is 4.84. The van der Waals surface area contributed by atoms with Crippen LogP contribution in [0.5, 0.6) is 0 Å². The molecule has 1 N–H and O–H groups in total. The standard InChI is InChI=1S/C12H12N2O/c1-13-12(15)8-9-6-7-14-11-5-3-2-4-10(9)11/h2-7H,8H2,1H3,(H,13,15). The zero-order chi connectivity index (χ0) is 10.7. The predicted octanol–water partition coefficient (Wildman–Crippen LogP) is 1.52. The van der Waals surface area contributed by atoms with E-state index in [2.05, 4.69) is 10.3 Å². The maximum atomic E-state index is 11.3. The molecular formula is C12H12N2O. The quantitative estimate of drug-likeness (QED) is 0.798. The molecule has 0 saturated carbocycles. The lowest BCUT2D eigenvalue weighted by molar-refractivity contribution is -0.119. The maximum Gasteiger partial charge on any atom is 0.224 e. The number of carbonyl (C=O) groups excluding carboxylic acids is 1. The van der Waals surface area contributed by atoms with Crippen LogP contribution in [0, 0.1) is 0 Å². The fourth-order valence-corrected chi connectivity index (χ4v) is 1.57. The summed E-state index contributed by atoms with van der Waals surface area (Å²) in [6.07, 6.45) is 2.14. The Kier molecular flexibility index (Phi) is 2.63. The van der Waals surface area contributed by atoms with Crippen LogP contribution in [0.1, 0.15) is 5.56 Å². The summed E-state index contributed by atoms with van der Waals surface area (Å²) in [5, 5.41) is 3.66. The lowest BCUT2D eigenvalue weighted by Gasteiger charge is -2.04. The molecule has 1 heterocycles. The molecule has 76 valence electrons. The van der Waals surface area contributed by atoms with Crippen molar-refractivity contribution in [3.8, 4) is 0 Å².